The Morgan fingerprint density at radius 3 is 2.65 bits per heavy atom. The molecule has 0 unspecified atom stereocenters. The van der Waals surface area contributed by atoms with E-state index < -0.39 is 0 Å². The molecule has 2 rings (SSSR count). The predicted octanol–water partition coefficient (Wildman–Crippen LogP) is 1.71. The molecular formula is C12H18N6O2. The Morgan fingerprint density at radius 1 is 1.20 bits per heavy atom. The van der Waals surface area contributed by atoms with E-state index in [4.69, 9.17) is 9.47 Å². The van der Waals surface area contributed by atoms with Crippen LogP contribution in [0.1, 0.15) is 20.3 Å². The second-order valence-electron chi connectivity index (χ2n) is 3.99. The molecule has 2 aromatic rings. The summed E-state index contributed by atoms with van der Waals surface area (Å²) in [5.74, 6) is 0.998. The Kier molecular flexibility index (Phi) is 4.70. The van der Waals surface area contributed by atoms with Gasteiger partial charge in [-0.15, -0.1) is 4.98 Å². The van der Waals surface area contributed by atoms with E-state index in [9.17, 15) is 0 Å². The van der Waals surface area contributed by atoms with Gasteiger partial charge in [0.1, 0.15) is 0 Å². The fourth-order valence-corrected chi connectivity index (χ4v) is 1.47. The number of aromatic nitrogens is 5. The molecule has 0 aliphatic heterocycles. The van der Waals surface area contributed by atoms with Gasteiger partial charge in [0, 0.05) is 13.1 Å². The summed E-state index contributed by atoms with van der Waals surface area (Å²) in [5.41, 5.74) is 0. The SMILES string of the molecule is CCCNc1nc(OC)nc(Oc2cnn(CC)c2)n1. The molecule has 0 aliphatic carbocycles. The molecular weight excluding hydrogens is 260 g/mol. The molecule has 0 aromatic carbocycles. The van der Waals surface area contributed by atoms with Crippen molar-refractivity contribution < 1.29 is 9.47 Å². The highest BCUT2D eigenvalue weighted by Gasteiger charge is 2.09. The van der Waals surface area contributed by atoms with Gasteiger partial charge in [0.2, 0.25) is 5.95 Å². The Morgan fingerprint density at radius 2 is 2.00 bits per heavy atom. The van der Waals surface area contributed by atoms with Crippen LogP contribution in [0.15, 0.2) is 12.4 Å². The number of nitrogens with one attached hydrogen (secondary N) is 1. The van der Waals surface area contributed by atoms with Gasteiger partial charge in [0.25, 0.3) is 0 Å². The summed E-state index contributed by atoms with van der Waals surface area (Å²) in [6.45, 7) is 5.59. The lowest BCUT2D eigenvalue weighted by Gasteiger charge is -2.07. The predicted molar refractivity (Wildman–Crippen MR) is 73.1 cm³/mol. The summed E-state index contributed by atoms with van der Waals surface area (Å²) in [6, 6.07) is 0.377. The third-order valence-electron chi connectivity index (χ3n) is 2.45. The van der Waals surface area contributed by atoms with Crippen LogP contribution in [0.2, 0.25) is 0 Å². The number of methoxy groups -OCH3 is 1. The second-order valence-corrected chi connectivity index (χ2v) is 3.99. The molecule has 20 heavy (non-hydrogen) atoms. The van der Waals surface area contributed by atoms with Crippen molar-refractivity contribution in [1.29, 1.82) is 0 Å². The van der Waals surface area contributed by atoms with Gasteiger partial charge in [-0.25, -0.2) is 0 Å². The first-order valence-corrected chi connectivity index (χ1v) is 6.49. The Balaban J connectivity index is 2.16. The first-order chi connectivity index (χ1) is 9.75. The quantitative estimate of drug-likeness (QED) is 0.824. The van der Waals surface area contributed by atoms with E-state index in [2.05, 4.69) is 32.3 Å². The van der Waals surface area contributed by atoms with E-state index in [1.54, 1.807) is 17.1 Å². The molecule has 0 atom stereocenters. The largest absolute Gasteiger partial charge is 0.467 e. The Bertz CT molecular complexity index is 557. The van der Waals surface area contributed by atoms with Crippen molar-refractivity contribution in [2.75, 3.05) is 19.0 Å². The minimum Gasteiger partial charge on any atom is -0.467 e. The van der Waals surface area contributed by atoms with Crippen LogP contribution >= 0.6 is 0 Å². The zero-order valence-corrected chi connectivity index (χ0v) is 11.8. The monoisotopic (exact) mass is 278 g/mol. The molecule has 8 nitrogen and oxygen atoms in total. The van der Waals surface area contributed by atoms with Crippen molar-refractivity contribution in [3.63, 3.8) is 0 Å². The van der Waals surface area contributed by atoms with Gasteiger partial charge in [0.15, 0.2) is 5.75 Å². The topological polar surface area (TPSA) is 87.0 Å². The maximum atomic E-state index is 5.56. The number of anilines is 1. The molecule has 0 bridgehead atoms. The molecule has 1 N–H and O–H groups in total. The number of hydrogen-bond donors (Lipinski definition) is 1. The molecule has 0 saturated carbocycles. The number of nitrogens with zero attached hydrogens (tertiary/aromatic N) is 5. The van der Waals surface area contributed by atoms with Gasteiger partial charge in [-0.2, -0.15) is 15.1 Å². The summed E-state index contributed by atoms with van der Waals surface area (Å²) in [7, 11) is 1.50. The summed E-state index contributed by atoms with van der Waals surface area (Å²) >= 11 is 0. The van der Waals surface area contributed by atoms with E-state index in [0.717, 1.165) is 19.5 Å². The highest BCUT2D eigenvalue weighted by molar-refractivity contribution is 5.29. The van der Waals surface area contributed by atoms with Crippen LogP contribution in [0.3, 0.4) is 0 Å². The van der Waals surface area contributed by atoms with Crippen molar-refractivity contribution in [2.24, 2.45) is 0 Å². The molecule has 0 spiro atoms. The van der Waals surface area contributed by atoms with Gasteiger partial charge in [-0.3, -0.25) is 4.68 Å². The average molecular weight is 278 g/mol. The summed E-state index contributed by atoms with van der Waals surface area (Å²) < 4.78 is 12.3. The normalized spacial score (nSPS) is 10.3. The van der Waals surface area contributed by atoms with E-state index in [0.29, 0.717) is 11.7 Å². The number of rotatable bonds is 7. The molecule has 0 amide bonds. The molecule has 0 saturated heterocycles. The van der Waals surface area contributed by atoms with E-state index >= 15 is 0 Å². The van der Waals surface area contributed by atoms with Crippen LogP contribution in [-0.4, -0.2) is 38.4 Å². The van der Waals surface area contributed by atoms with E-state index in [-0.39, 0.29) is 12.0 Å². The van der Waals surface area contributed by atoms with Crippen molar-refractivity contribution >= 4 is 5.95 Å². The van der Waals surface area contributed by atoms with E-state index in [1.807, 2.05) is 6.92 Å². The molecule has 0 fully saturated rings. The maximum Gasteiger partial charge on any atom is 0.330 e. The van der Waals surface area contributed by atoms with Gasteiger partial charge in [-0.05, 0) is 13.3 Å². The minimum atomic E-state index is 0.172. The van der Waals surface area contributed by atoms with Gasteiger partial charge >= 0.3 is 12.0 Å². The lowest BCUT2D eigenvalue weighted by molar-refractivity contribution is 0.360. The van der Waals surface area contributed by atoms with Gasteiger partial charge in [0.05, 0.1) is 19.5 Å². The van der Waals surface area contributed by atoms with Crippen molar-refractivity contribution in [3.05, 3.63) is 12.4 Å². The molecule has 0 aliphatic rings. The highest BCUT2D eigenvalue weighted by Crippen LogP contribution is 2.19. The number of ether oxygens (including phenoxy) is 2. The smallest absolute Gasteiger partial charge is 0.330 e. The van der Waals surface area contributed by atoms with E-state index in [1.165, 1.54) is 7.11 Å². The lowest BCUT2D eigenvalue weighted by atomic mass is 10.5. The van der Waals surface area contributed by atoms with Crippen LogP contribution in [0.5, 0.6) is 17.8 Å². The third-order valence-corrected chi connectivity index (χ3v) is 2.45. The zero-order chi connectivity index (χ0) is 14.4. The molecule has 8 heteroatoms. The fourth-order valence-electron chi connectivity index (χ4n) is 1.47. The van der Waals surface area contributed by atoms with Crippen LogP contribution in [0, 0.1) is 0 Å². The van der Waals surface area contributed by atoms with Gasteiger partial charge < -0.3 is 14.8 Å². The van der Waals surface area contributed by atoms with Crippen molar-refractivity contribution in [3.8, 4) is 17.8 Å². The van der Waals surface area contributed by atoms with Crippen LogP contribution in [-0.2, 0) is 6.54 Å². The molecule has 0 radical (unpaired) electrons. The first kappa shape index (κ1) is 14.0. The highest BCUT2D eigenvalue weighted by atomic mass is 16.5. The maximum absolute atomic E-state index is 5.56. The first-order valence-electron chi connectivity index (χ1n) is 6.49. The zero-order valence-electron chi connectivity index (χ0n) is 11.8. The summed E-state index contributed by atoms with van der Waals surface area (Å²) in [6.07, 6.45) is 4.35. The third kappa shape index (κ3) is 3.56. The second kappa shape index (κ2) is 6.69. The molecule has 2 aromatic heterocycles. The Hall–Kier alpha value is -2.38. The van der Waals surface area contributed by atoms with Crippen LogP contribution in [0.25, 0.3) is 0 Å². The summed E-state index contributed by atoms with van der Waals surface area (Å²) in [5, 5.41) is 7.19. The minimum absolute atomic E-state index is 0.172. The van der Waals surface area contributed by atoms with Gasteiger partial charge in [-0.1, -0.05) is 6.92 Å². The van der Waals surface area contributed by atoms with Crippen molar-refractivity contribution in [2.45, 2.75) is 26.8 Å². The number of hydrogen-bond acceptors (Lipinski definition) is 7. The lowest BCUT2D eigenvalue weighted by Crippen LogP contribution is -2.07. The van der Waals surface area contributed by atoms with Crippen LogP contribution < -0.4 is 14.8 Å². The standard InChI is InChI=1S/C12H18N6O2/c1-4-6-13-10-15-11(19-3)17-12(16-10)20-9-7-14-18(5-2)8-9/h7-8H,4-6H2,1-3H3,(H,13,15,16,17). The number of aryl methyl sites for hydroxylation is 1. The molecule has 108 valence electrons. The molecule has 2 heterocycles. The average Bonchev–Trinajstić information content (AvgIpc) is 2.92. The van der Waals surface area contributed by atoms with Crippen LogP contribution in [0.4, 0.5) is 5.95 Å². The Labute approximate surface area is 117 Å². The summed E-state index contributed by atoms with van der Waals surface area (Å²) in [4.78, 5) is 12.3. The fraction of sp³-hybridized carbons (Fsp3) is 0.500. The van der Waals surface area contributed by atoms with Crippen molar-refractivity contribution in [1.82, 2.24) is 24.7 Å².